The van der Waals surface area contributed by atoms with Crippen LogP contribution in [0.1, 0.15) is 29.9 Å². The lowest BCUT2D eigenvalue weighted by molar-refractivity contribution is 0.0526. The van der Waals surface area contributed by atoms with Gasteiger partial charge in [-0.2, -0.15) is 0 Å². The Labute approximate surface area is 134 Å². The quantitative estimate of drug-likeness (QED) is 0.578. The van der Waals surface area contributed by atoms with E-state index in [2.05, 4.69) is 27.9 Å². The normalized spacial score (nSPS) is 10.5. The minimum Gasteiger partial charge on any atom is -0.462 e. The number of thiazole rings is 1. The van der Waals surface area contributed by atoms with E-state index < -0.39 is 0 Å². The number of ether oxygens (including phenoxy) is 1. The Morgan fingerprint density at radius 2 is 2.05 bits per heavy atom. The van der Waals surface area contributed by atoms with E-state index >= 15 is 0 Å². The Hall–Kier alpha value is -1.92. The number of hydrogen-bond donors (Lipinski definition) is 2. The van der Waals surface area contributed by atoms with Crippen molar-refractivity contribution in [1.82, 2.24) is 10.3 Å². The van der Waals surface area contributed by atoms with Crippen LogP contribution in [-0.2, 0) is 11.2 Å². The predicted octanol–water partition coefficient (Wildman–Crippen LogP) is 3.22. The summed E-state index contributed by atoms with van der Waals surface area (Å²) >= 11 is 1.58. The van der Waals surface area contributed by atoms with Crippen LogP contribution in [0.3, 0.4) is 0 Å². The molecule has 0 atom stereocenters. The van der Waals surface area contributed by atoms with Crippen molar-refractivity contribution in [3.63, 3.8) is 0 Å². The van der Waals surface area contributed by atoms with Crippen molar-refractivity contribution in [3.05, 3.63) is 40.9 Å². The van der Waals surface area contributed by atoms with Gasteiger partial charge in [0.25, 0.3) is 0 Å². The van der Waals surface area contributed by atoms with Gasteiger partial charge in [-0.15, -0.1) is 11.3 Å². The summed E-state index contributed by atoms with van der Waals surface area (Å²) in [5.74, 6) is -0.297. The first kappa shape index (κ1) is 16.5. The van der Waals surface area contributed by atoms with Gasteiger partial charge < -0.3 is 15.4 Å². The van der Waals surface area contributed by atoms with Crippen molar-refractivity contribution in [2.75, 3.05) is 25.0 Å². The third-order valence-electron chi connectivity index (χ3n) is 3.01. The van der Waals surface area contributed by atoms with Crippen molar-refractivity contribution in [1.29, 1.82) is 0 Å². The summed E-state index contributed by atoms with van der Waals surface area (Å²) in [4.78, 5) is 16.1. The number of nitrogens with zero attached hydrogens (tertiary/aromatic N) is 1. The van der Waals surface area contributed by atoms with E-state index in [4.69, 9.17) is 4.74 Å². The van der Waals surface area contributed by atoms with Crippen molar-refractivity contribution in [3.8, 4) is 0 Å². The van der Waals surface area contributed by atoms with E-state index in [1.165, 1.54) is 0 Å². The zero-order chi connectivity index (χ0) is 15.8. The largest absolute Gasteiger partial charge is 0.462 e. The van der Waals surface area contributed by atoms with Gasteiger partial charge in [0.2, 0.25) is 0 Å². The summed E-state index contributed by atoms with van der Waals surface area (Å²) in [5.41, 5.74) is 2.54. The number of carbonyl (C=O) groups excluding carboxylic acids is 1. The fourth-order valence-electron chi connectivity index (χ4n) is 1.90. The molecule has 1 aromatic carbocycles. The van der Waals surface area contributed by atoms with Gasteiger partial charge in [-0.1, -0.05) is 6.92 Å². The van der Waals surface area contributed by atoms with Gasteiger partial charge >= 0.3 is 5.97 Å². The highest BCUT2D eigenvalue weighted by molar-refractivity contribution is 7.13. The van der Waals surface area contributed by atoms with Gasteiger partial charge in [-0.05, 0) is 37.7 Å². The number of benzene rings is 1. The van der Waals surface area contributed by atoms with Gasteiger partial charge in [-0.25, -0.2) is 9.78 Å². The maximum absolute atomic E-state index is 11.6. The van der Waals surface area contributed by atoms with E-state index in [9.17, 15) is 4.79 Å². The molecule has 0 unspecified atom stereocenters. The zero-order valence-corrected chi connectivity index (χ0v) is 13.7. The van der Waals surface area contributed by atoms with Crippen molar-refractivity contribution >= 4 is 28.1 Å². The highest BCUT2D eigenvalue weighted by Crippen LogP contribution is 2.21. The average Bonchev–Trinajstić information content (AvgIpc) is 2.96. The predicted molar refractivity (Wildman–Crippen MR) is 90.0 cm³/mol. The Balaban J connectivity index is 1.92. The molecule has 1 aromatic heterocycles. The van der Waals surface area contributed by atoms with Crippen molar-refractivity contribution < 1.29 is 9.53 Å². The van der Waals surface area contributed by atoms with Crippen LogP contribution < -0.4 is 10.6 Å². The fourth-order valence-corrected chi connectivity index (χ4v) is 2.66. The molecule has 0 saturated carbocycles. The highest BCUT2D eigenvalue weighted by atomic mass is 32.1. The van der Waals surface area contributed by atoms with Crippen molar-refractivity contribution in [2.45, 2.75) is 20.3 Å². The van der Waals surface area contributed by atoms with Crippen LogP contribution >= 0.6 is 11.3 Å². The lowest BCUT2D eigenvalue weighted by Crippen LogP contribution is -2.16. The molecular formula is C16H21N3O2S. The van der Waals surface area contributed by atoms with E-state index in [-0.39, 0.29) is 5.97 Å². The Bertz CT molecular complexity index is 596. The fraction of sp³-hybridized carbons (Fsp3) is 0.375. The highest BCUT2D eigenvalue weighted by Gasteiger charge is 2.06. The van der Waals surface area contributed by atoms with Crippen LogP contribution in [-0.4, -0.2) is 30.6 Å². The van der Waals surface area contributed by atoms with Gasteiger partial charge in [0.05, 0.1) is 17.9 Å². The number of esters is 1. The van der Waals surface area contributed by atoms with Crippen LogP contribution in [0, 0.1) is 0 Å². The number of anilines is 2. The average molecular weight is 319 g/mol. The molecule has 2 rings (SSSR count). The SMILES string of the molecule is CCNCCc1csc(Nc2ccc(C(=O)OCC)cc2)n1. The summed E-state index contributed by atoms with van der Waals surface area (Å²) < 4.78 is 4.96. The molecule has 2 N–H and O–H groups in total. The molecule has 0 bridgehead atoms. The molecule has 1 heterocycles. The summed E-state index contributed by atoms with van der Waals surface area (Å²) in [6, 6.07) is 7.21. The Morgan fingerprint density at radius 3 is 2.73 bits per heavy atom. The van der Waals surface area contributed by atoms with E-state index in [1.807, 2.05) is 12.1 Å². The molecule has 0 amide bonds. The van der Waals surface area contributed by atoms with E-state index in [1.54, 1.807) is 30.4 Å². The maximum atomic E-state index is 11.6. The monoisotopic (exact) mass is 319 g/mol. The molecule has 0 spiro atoms. The molecule has 22 heavy (non-hydrogen) atoms. The first-order valence-corrected chi connectivity index (χ1v) is 8.30. The molecule has 0 saturated heterocycles. The second-order valence-electron chi connectivity index (χ2n) is 4.67. The lowest BCUT2D eigenvalue weighted by Gasteiger charge is -2.05. The molecule has 0 fully saturated rings. The van der Waals surface area contributed by atoms with Crippen LogP contribution in [0.2, 0.25) is 0 Å². The summed E-state index contributed by atoms with van der Waals surface area (Å²) in [6.07, 6.45) is 0.924. The summed E-state index contributed by atoms with van der Waals surface area (Å²) in [7, 11) is 0. The second kappa shape index (κ2) is 8.51. The third-order valence-corrected chi connectivity index (χ3v) is 3.81. The van der Waals surface area contributed by atoms with Crippen LogP contribution in [0.25, 0.3) is 0 Å². The van der Waals surface area contributed by atoms with Gasteiger partial charge in [0.15, 0.2) is 5.13 Å². The molecule has 6 heteroatoms. The maximum Gasteiger partial charge on any atom is 0.338 e. The van der Waals surface area contributed by atoms with Gasteiger partial charge in [0, 0.05) is 24.0 Å². The first-order chi connectivity index (χ1) is 10.7. The molecule has 2 aromatic rings. The van der Waals surface area contributed by atoms with Crippen LogP contribution in [0.4, 0.5) is 10.8 Å². The molecule has 118 valence electrons. The molecule has 5 nitrogen and oxygen atoms in total. The minimum atomic E-state index is -0.297. The van der Waals surface area contributed by atoms with Crippen LogP contribution in [0.15, 0.2) is 29.6 Å². The van der Waals surface area contributed by atoms with Gasteiger partial charge in [0.1, 0.15) is 0 Å². The van der Waals surface area contributed by atoms with Crippen LogP contribution in [0.5, 0.6) is 0 Å². The minimum absolute atomic E-state index is 0.297. The molecule has 0 aliphatic rings. The summed E-state index contributed by atoms with van der Waals surface area (Å²) in [6.45, 7) is 6.18. The second-order valence-corrected chi connectivity index (χ2v) is 5.53. The number of carbonyl (C=O) groups is 1. The standard InChI is InChI=1S/C16H21N3O2S/c1-3-17-10-9-14-11-22-16(19-14)18-13-7-5-12(6-8-13)15(20)21-4-2/h5-8,11,17H,3-4,9-10H2,1-2H3,(H,18,19). The van der Waals surface area contributed by atoms with E-state index in [0.717, 1.165) is 36.0 Å². The van der Waals surface area contributed by atoms with Gasteiger partial charge in [-0.3, -0.25) is 0 Å². The first-order valence-electron chi connectivity index (χ1n) is 7.42. The number of hydrogen-bond acceptors (Lipinski definition) is 6. The Kier molecular flexibility index (Phi) is 6.36. The molecular weight excluding hydrogens is 298 g/mol. The topological polar surface area (TPSA) is 63.2 Å². The third kappa shape index (κ3) is 4.82. The number of nitrogens with one attached hydrogen (secondary N) is 2. The number of likely N-dealkylation sites (N-methyl/N-ethyl adjacent to an activating group) is 1. The zero-order valence-electron chi connectivity index (χ0n) is 12.9. The van der Waals surface area contributed by atoms with Crippen molar-refractivity contribution in [2.24, 2.45) is 0 Å². The summed E-state index contributed by atoms with van der Waals surface area (Å²) in [5, 5.41) is 9.45. The number of aromatic nitrogens is 1. The number of rotatable bonds is 8. The molecule has 0 aliphatic heterocycles. The molecule has 0 radical (unpaired) electrons. The Morgan fingerprint density at radius 1 is 1.27 bits per heavy atom. The smallest absolute Gasteiger partial charge is 0.338 e. The lowest BCUT2D eigenvalue weighted by atomic mass is 10.2. The van der Waals surface area contributed by atoms with E-state index in [0.29, 0.717) is 12.2 Å². The molecule has 0 aliphatic carbocycles.